The van der Waals surface area contributed by atoms with Crippen molar-refractivity contribution in [1.29, 1.82) is 0 Å². The average Bonchev–Trinajstić information content (AvgIpc) is 2.67. The van der Waals surface area contributed by atoms with Gasteiger partial charge in [-0.1, -0.05) is 19.8 Å². The van der Waals surface area contributed by atoms with Crippen LogP contribution in [0.5, 0.6) is 0 Å². The molecule has 0 aromatic rings. The third kappa shape index (κ3) is 4.21. The summed E-state index contributed by atoms with van der Waals surface area (Å²) in [4.78, 5) is 0. The summed E-state index contributed by atoms with van der Waals surface area (Å²) in [7, 11) is -2.77. The normalized spacial score (nSPS) is 35.7. The zero-order valence-corrected chi connectivity index (χ0v) is 12.0. The first-order valence-corrected chi connectivity index (χ1v) is 8.94. The summed E-state index contributed by atoms with van der Waals surface area (Å²) in [5.74, 6) is 1.31. The van der Waals surface area contributed by atoms with E-state index in [9.17, 15) is 8.42 Å². The quantitative estimate of drug-likeness (QED) is 0.770. The van der Waals surface area contributed by atoms with Crippen LogP contribution in [0.2, 0.25) is 0 Å². The Morgan fingerprint density at radius 1 is 1.22 bits per heavy atom. The molecule has 3 unspecified atom stereocenters. The molecule has 2 aliphatic rings. The van der Waals surface area contributed by atoms with Gasteiger partial charge in [-0.05, 0) is 25.2 Å². The molecule has 2 fully saturated rings. The molecular formula is C13H25NO3S. The van der Waals surface area contributed by atoms with Gasteiger partial charge in [-0.25, -0.2) is 8.42 Å². The van der Waals surface area contributed by atoms with Crippen molar-refractivity contribution >= 4 is 9.84 Å². The Bertz CT molecular complexity index is 355. The maximum absolute atomic E-state index is 11.3. The molecule has 18 heavy (non-hydrogen) atoms. The second kappa shape index (κ2) is 6.35. The first-order chi connectivity index (χ1) is 8.57. The predicted molar refractivity (Wildman–Crippen MR) is 72.4 cm³/mol. The number of rotatable bonds is 5. The van der Waals surface area contributed by atoms with E-state index < -0.39 is 9.84 Å². The van der Waals surface area contributed by atoms with E-state index in [4.69, 9.17) is 4.74 Å². The lowest BCUT2D eigenvalue weighted by Gasteiger charge is -2.28. The van der Waals surface area contributed by atoms with Gasteiger partial charge in [-0.15, -0.1) is 0 Å². The summed E-state index contributed by atoms with van der Waals surface area (Å²) in [6.45, 7) is 3.73. The van der Waals surface area contributed by atoms with E-state index in [2.05, 4.69) is 12.2 Å². The molecule has 4 nitrogen and oxygen atoms in total. The van der Waals surface area contributed by atoms with Crippen LogP contribution in [-0.4, -0.2) is 45.2 Å². The second-order valence-electron chi connectivity index (χ2n) is 5.73. The lowest BCUT2D eigenvalue weighted by atomic mass is 9.88. The number of nitrogens with one attached hydrogen (secondary N) is 1. The fourth-order valence-electron chi connectivity index (χ4n) is 2.96. The highest BCUT2D eigenvalue weighted by Gasteiger charge is 2.27. The Morgan fingerprint density at radius 2 is 2.00 bits per heavy atom. The average molecular weight is 275 g/mol. The highest BCUT2D eigenvalue weighted by molar-refractivity contribution is 7.91. The van der Waals surface area contributed by atoms with Crippen LogP contribution in [0.4, 0.5) is 0 Å². The van der Waals surface area contributed by atoms with Crippen molar-refractivity contribution in [3.63, 3.8) is 0 Å². The predicted octanol–water partition coefficient (Wildman–Crippen LogP) is 1.36. The highest BCUT2D eigenvalue weighted by Crippen LogP contribution is 2.26. The van der Waals surface area contributed by atoms with Crippen molar-refractivity contribution in [3.05, 3.63) is 0 Å². The molecule has 106 valence electrons. The van der Waals surface area contributed by atoms with E-state index in [0.29, 0.717) is 30.1 Å². The fourth-order valence-corrected chi connectivity index (χ4v) is 4.67. The summed E-state index contributed by atoms with van der Waals surface area (Å²) in [6, 6.07) is 0.141. The van der Waals surface area contributed by atoms with Crippen LogP contribution in [0.15, 0.2) is 0 Å². The number of hydrogen-bond donors (Lipinski definition) is 1. The largest absolute Gasteiger partial charge is 0.377 e. The molecule has 2 rings (SSSR count). The Hall–Kier alpha value is -0.130. The van der Waals surface area contributed by atoms with Gasteiger partial charge in [0.15, 0.2) is 9.84 Å². The SMILES string of the molecule is CC1CCCCC1OCCNC1CCS(=O)(=O)C1. The van der Waals surface area contributed by atoms with Crippen molar-refractivity contribution in [3.8, 4) is 0 Å². The highest BCUT2D eigenvalue weighted by atomic mass is 32.2. The van der Waals surface area contributed by atoms with Gasteiger partial charge in [-0.2, -0.15) is 0 Å². The zero-order valence-electron chi connectivity index (χ0n) is 11.2. The monoisotopic (exact) mass is 275 g/mol. The smallest absolute Gasteiger partial charge is 0.151 e. The van der Waals surface area contributed by atoms with Gasteiger partial charge in [0.05, 0.1) is 24.2 Å². The lowest BCUT2D eigenvalue weighted by Crippen LogP contribution is -2.35. The summed E-state index contributed by atoms with van der Waals surface area (Å²) >= 11 is 0. The Morgan fingerprint density at radius 3 is 2.67 bits per heavy atom. The van der Waals surface area contributed by atoms with Crippen LogP contribution in [0.25, 0.3) is 0 Å². The molecule has 1 saturated carbocycles. The molecule has 0 aromatic heterocycles. The van der Waals surface area contributed by atoms with Gasteiger partial charge in [-0.3, -0.25) is 0 Å². The molecule has 0 amide bonds. The standard InChI is InChI=1S/C13H25NO3S/c1-11-4-2-3-5-13(11)17-8-7-14-12-6-9-18(15,16)10-12/h11-14H,2-10H2,1H3. The van der Waals surface area contributed by atoms with Crippen molar-refractivity contribution in [2.45, 2.75) is 51.2 Å². The lowest BCUT2D eigenvalue weighted by molar-refractivity contribution is -0.00366. The molecule has 1 aliphatic heterocycles. The van der Waals surface area contributed by atoms with Gasteiger partial charge in [0.1, 0.15) is 0 Å². The summed E-state index contributed by atoms with van der Waals surface area (Å²) in [5, 5.41) is 3.29. The van der Waals surface area contributed by atoms with Crippen LogP contribution in [0.3, 0.4) is 0 Å². The minimum atomic E-state index is -2.77. The number of hydrogen-bond acceptors (Lipinski definition) is 4. The number of sulfone groups is 1. The molecule has 1 N–H and O–H groups in total. The third-order valence-electron chi connectivity index (χ3n) is 4.13. The molecule has 1 saturated heterocycles. The van der Waals surface area contributed by atoms with E-state index in [1.807, 2.05) is 0 Å². The topological polar surface area (TPSA) is 55.4 Å². The van der Waals surface area contributed by atoms with Crippen LogP contribution >= 0.6 is 0 Å². The van der Waals surface area contributed by atoms with Gasteiger partial charge >= 0.3 is 0 Å². The van der Waals surface area contributed by atoms with Gasteiger partial charge in [0.2, 0.25) is 0 Å². The second-order valence-corrected chi connectivity index (χ2v) is 7.95. The van der Waals surface area contributed by atoms with Crippen LogP contribution in [-0.2, 0) is 14.6 Å². The first kappa shape index (κ1) is 14.3. The first-order valence-electron chi connectivity index (χ1n) is 7.12. The Kier molecular flexibility index (Phi) is 5.04. The van der Waals surface area contributed by atoms with E-state index in [1.54, 1.807) is 0 Å². The third-order valence-corrected chi connectivity index (χ3v) is 5.90. The van der Waals surface area contributed by atoms with Crippen molar-refractivity contribution in [2.24, 2.45) is 5.92 Å². The summed E-state index contributed by atoms with van der Waals surface area (Å²) in [6.07, 6.45) is 6.23. The maximum atomic E-state index is 11.3. The van der Waals surface area contributed by atoms with Crippen LogP contribution in [0.1, 0.15) is 39.0 Å². The molecule has 0 aromatic carbocycles. The van der Waals surface area contributed by atoms with Crippen LogP contribution in [0, 0.1) is 5.92 Å². The van der Waals surface area contributed by atoms with E-state index in [-0.39, 0.29) is 6.04 Å². The molecule has 0 radical (unpaired) electrons. The van der Waals surface area contributed by atoms with Crippen LogP contribution < -0.4 is 5.32 Å². The van der Waals surface area contributed by atoms with Crippen molar-refractivity contribution in [2.75, 3.05) is 24.7 Å². The number of ether oxygens (including phenoxy) is 1. The summed E-state index contributed by atoms with van der Waals surface area (Å²) in [5.41, 5.74) is 0. The van der Waals surface area contributed by atoms with Crippen molar-refractivity contribution in [1.82, 2.24) is 5.32 Å². The maximum Gasteiger partial charge on any atom is 0.151 e. The summed E-state index contributed by atoms with van der Waals surface area (Å²) < 4.78 is 28.5. The van der Waals surface area contributed by atoms with Gasteiger partial charge < -0.3 is 10.1 Å². The zero-order chi connectivity index (χ0) is 13.0. The minimum absolute atomic E-state index is 0.141. The van der Waals surface area contributed by atoms with E-state index in [0.717, 1.165) is 13.0 Å². The van der Waals surface area contributed by atoms with Gasteiger partial charge in [0.25, 0.3) is 0 Å². The molecule has 3 atom stereocenters. The molecule has 0 spiro atoms. The Balaban J connectivity index is 1.59. The van der Waals surface area contributed by atoms with E-state index in [1.165, 1.54) is 25.7 Å². The van der Waals surface area contributed by atoms with Crippen molar-refractivity contribution < 1.29 is 13.2 Å². The molecule has 1 heterocycles. The molecular weight excluding hydrogens is 250 g/mol. The molecule has 1 aliphatic carbocycles. The molecule has 5 heteroatoms. The van der Waals surface area contributed by atoms with Gasteiger partial charge in [0, 0.05) is 12.6 Å². The minimum Gasteiger partial charge on any atom is -0.377 e. The van der Waals surface area contributed by atoms with E-state index >= 15 is 0 Å². The molecule has 0 bridgehead atoms. The fraction of sp³-hybridized carbons (Fsp3) is 1.00. The Labute approximate surface area is 110 Å².